The molecule has 0 bridgehead atoms. The van der Waals surface area contributed by atoms with E-state index < -0.39 is 52.3 Å². The number of halogens is 4. The number of rotatable bonds is 10. The molecule has 4 rings (SSSR count). The highest BCUT2D eigenvalue weighted by molar-refractivity contribution is 6.32. The molecule has 226 valence electrons. The molecule has 1 aliphatic rings. The van der Waals surface area contributed by atoms with Gasteiger partial charge in [0.25, 0.3) is 0 Å². The first-order chi connectivity index (χ1) is 20.5. The Labute approximate surface area is 251 Å². The summed E-state index contributed by atoms with van der Waals surface area (Å²) in [5.74, 6) is -2.24. The number of nitrogens with zero attached hydrogens (tertiary/aromatic N) is 1. The Balaban J connectivity index is 1.52. The summed E-state index contributed by atoms with van der Waals surface area (Å²) in [5.41, 5.74) is 6.03. The van der Waals surface area contributed by atoms with Crippen molar-refractivity contribution in [1.29, 1.82) is 0 Å². The fourth-order valence-electron chi connectivity index (χ4n) is 4.99. The number of hydrogen-bond acceptors (Lipinski definition) is 5. The number of benzene rings is 3. The van der Waals surface area contributed by atoms with Crippen LogP contribution in [0.1, 0.15) is 46.3 Å². The highest BCUT2D eigenvalue weighted by Crippen LogP contribution is 2.39. The van der Waals surface area contributed by atoms with Gasteiger partial charge in [-0.25, -0.2) is 0 Å². The van der Waals surface area contributed by atoms with E-state index in [9.17, 15) is 32.3 Å². The van der Waals surface area contributed by atoms with E-state index in [0.29, 0.717) is 5.56 Å². The van der Waals surface area contributed by atoms with Crippen molar-refractivity contribution in [2.45, 2.75) is 50.5 Å². The summed E-state index contributed by atoms with van der Waals surface area (Å²) in [5, 5.41) is 4.21. The van der Waals surface area contributed by atoms with Crippen molar-refractivity contribution >= 4 is 40.8 Å². The van der Waals surface area contributed by atoms with E-state index in [2.05, 4.69) is 10.6 Å². The smallest absolute Gasteiger partial charge is 0.342 e. The molecule has 3 aromatic rings. The maximum atomic E-state index is 13.6. The number of hydrogen-bond donors (Lipinski definition) is 3. The van der Waals surface area contributed by atoms with Gasteiger partial charge in [0.2, 0.25) is 17.7 Å². The molecule has 3 amide bonds. The molecule has 12 heteroatoms. The lowest BCUT2D eigenvalue weighted by atomic mass is 9.92. The zero-order chi connectivity index (χ0) is 31.1. The Kier molecular flexibility index (Phi) is 10.2. The molecule has 4 N–H and O–H groups in total. The number of nitrogens with two attached hydrogens (primary N) is 1. The monoisotopic (exact) mass is 614 g/mol. The molecule has 0 saturated heterocycles. The standard InChI is InChI=1S/C31H30ClF3N4O4/c32-22-11-6-12-23(28(22)31(33,34)35)37-29(42)24(15-16-36)38-30(43)25-17-20-9-4-5-10-21(20)18-39(25)27(41)14-13-26(40)19-7-2-1-3-8-19/h1-12,24-25H,13-18,36H2,(H,37,42)(H,38,43)/t24-,25-/m0/s1. The van der Waals surface area contributed by atoms with Gasteiger partial charge in [0.1, 0.15) is 12.1 Å². The molecule has 0 spiro atoms. The third-order valence-corrected chi connectivity index (χ3v) is 7.49. The zero-order valence-corrected chi connectivity index (χ0v) is 23.8. The molecule has 43 heavy (non-hydrogen) atoms. The van der Waals surface area contributed by atoms with Gasteiger partial charge in [-0.05, 0) is 36.2 Å². The third-order valence-electron chi connectivity index (χ3n) is 7.18. The molecule has 0 saturated carbocycles. The molecule has 2 atom stereocenters. The number of carbonyl (C=O) groups excluding carboxylic acids is 4. The Hall–Kier alpha value is -4.22. The predicted octanol–water partition coefficient (Wildman–Crippen LogP) is 4.75. The van der Waals surface area contributed by atoms with E-state index in [-0.39, 0.29) is 44.6 Å². The number of anilines is 1. The minimum atomic E-state index is -4.84. The molecule has 1 heterocycles. The van der Waals surface area contributed by atoms with Crippen molar-refractivity contribution < 1.29 is 32.3 Å². The predicted molar refractivity (Wildman–Crippen MR) is 155 cm³/mol. The molecule has 0 aromatic heterocycles. The van der Waals surface area contributed by atoms with Gasteiger partial charge in [-0.15, -0.1) is 0 Å². The summed E-state index contributed by atoms with van der Waals surface area (Å²) >= 11 is 5.77. The maximum Gasteiger partial charge on any atom is 0.419 e. The maximum absolute atomic E-state index is 13.6. The van der Waals surface area contributed by atoms with Crippen LogP contribution in [0, 0.1) is 0 Å². The van der Waals surface area contributed by atoms with E-state index in [1.165, 1.54) is 11.0 Å². The number of carbonyl (C=O) groups is 4. The van der Waals surface area contributed by atoms with Crippen molar-refractivity contribution in [2.24, 2.45) is 5.73 Å². The molecule has 3 aromatic carbocycles. The van der Waals surface area contributed by atoms with Gasteiger partial charge in [0, 0.05) is 31.4 Å². The van der Waals surface area contributed by atoms with Crippen LogP contribution in [0.3, 0.4) is 0 Å². The normalized spacial score (nSPS) is 15.3. The fourth-order valence-corrected chi connectivity index (χ4v) is 5.27. The number of Topliss-reactive ketones (excluding diaryl/α,β-unsaturated/α-hetero) is 1. The fraction of sp³-hybridized carbons (Fsp3) is 0.290. The first-order valence-electron chi connectivity index (χ1n) is 13.6. The second-order valence-electron chi connectivity index (χ2n) is 10.1. The molecule has 0 aliphatic carbocycles. The quantitative estimate of drug-likeness (QED) is 0.285. The van der Waals surface area contributed by atoms with Crippen LogP contribution in [-0.2, 0) is 33.5 Å². The van der Waals surface area contributed by atoms with E-state index in [1.807, 2.05) is 18.2 Å². The van der Waals surface area contributed by atoms with E-state index >= 15 is 0 Å². The van der Waals surface area contributed by atoms with Crippen LogP contribution in [-0.4, -0.2) is 47.0 Å². The van der Waals surface area contributed by atoms with Gasteiger partial charge in [0.05, 0.1) is 16.3 Å². The second kappa shape index (κ2) is 13.8. The minimum absolute atomic E-state index is 0.0578. The van der Waals surface area contributed by atoms with Gasteiger partial charge in [0.15, 0.2) is 5.78 Å². The number of ketones is 1. The summed E-state index contributed by atoms with van der Waals surface area (Å²) in [6.45, 7) is 0.0512. The van der Waals surface area contributed by atoms with Gasteiger partial charge >= 0.3 is 6.18 Å². The summed E-state index contributed by atoms with van der Waals surface area (Å²) < 4.78 is 40.9. The highest BCUT2D eigenvalue weighted by Gasteiger charge is 2.38. The van der Waals surface area contributed by atoms with Crippen LogP contribution in [0.2, 0.25) is 5.02 Å². The van der Waals surface area contributed by atoms with Crippen molar-refractivity contribution in [3.63, 3.8) is 0 Å². The van der Waals surface area contributed by atoms with Gasteiger partial charge in [-0.2, -0.15) is 13.2 Å². The molecule has 0 fully saturated rings. The largest absolute Gasteiger partial charge is 0.419 e. The van der Waals surface area contributed by atoms with Crippen molar-refractivity contribution in [3.05, 3.63) is 100 Å². The molecule has 0 unspecified atom stereocenters. The topological polar surface area (TPSA) is 122 Å². The van der Waals surface area contributed by atoms with Crippen LogP contribution >= 0.6 is 11.6 Å². The Bertz CT molecular complexity index is 1500. The van der Waals surface area contributed by atoms with E-state index in [4.69, 9.17) is 17.3 Å². The van der Waals surface area contributed by atoms with Gasteiger partial charge in [-0.3, -0.25) is 19.2 Å². The SMILES string of the molecule is NCC[C@H](NC(=O)[C@@H]1Cc2ccccc2CN1C(=O)CCC(=O)c1ccccc1)C(=O)Nc1cccc(Cl)c1C(F)(F)F. The van der Waals surface area contributed by atoms with Crippen LogP contribution in [0.25, 0.3) is 0 Å². The Morgan fingerprint density at radius 1 is 0.930 bits per heavy atom. The molecule has 8 nitrogen and oxygen atoms in total. The minimum Gasteiger partial charge on any atom is -0.342 e. The summed E-state index contributed by atoms with van der Waals surface area (Å²) in [6.07, 6.45) is -4.98. The number of amides is 3. The van der Waals surface area contributed by atoms with Crippen LogP contribution in [0.4, 0.5) is 18.9 Å². The van der Waals surface area contributed by atoms with Gasteiger partial charge < -0.3 is 21.3 Å². The van der Waals surface area contributed by atoms with E-state index in [0.717, 1.165) is 23.3 Å². The van der Waals surface area contributed by atoms with Crippen molar-refractivity contribution in [1.82, 2.24) is 10.2 Å². The number of nitrogens with one attached hydrogen (secondary N) is 2. The summed E-state index contributed by atoms with van der Waals surface area (Å²) in [6, 6.07) is 16.9. The number of fused-ring (bicyclic) bond motifs is 1. The molecule has 1 aliphatic heterocycles. The summed E-state index contributed by atoms with van der Waals surface area (Å²) in [7, 11) is 0. The zero-order valence-electron chi connectivity index (χ0n) is 23.0. The first-order valence-corrected chi connectivity index (χ1v) is 14.0. The molecule has 0 radical (unpaired) electrons. The lowest BCUT2D eigenvalue weighted by Crippen LogP contribution is -2.56. The summed E-state index contributed by atoms with van der Waals surface area (Å²) in [4.78, 5) is 54.1. The average molecular weight is 615 g/mol. The lowest BCUT2D eigenvalue weighted by molar-refractivity contribution is -0.142. The van der Waals surface area contributed by atoms with Gasteiger partial charge in [-0.1, -0.05) is 72.3 Å². The highest BCUT2D eigenvalue weighted by atomic mass is 35.5. The lowest BCUT2D eigenvalue weighted by Gasteiger charge is -2.36. The van der Waals surface area contributed by atoms with Crippen LogP contribution in [0.5, 0.6) is 0 Å². The van der Waals surface area contributed by atoms with E-state index in [1.54, 1.807) is 36.4 Å². The molecular weight excluding hydrogens is 585 g/mol. The van der Waals surface area contributed by atoms with Crippen molar-refractivity contribution in [3.8, 4) is 0 Å². The Morgan fingerprint density at radius 3 is 2.28 bits per heavy atom. The number of alkyl halides is 3. The Morgan fingerprint density at radius 2 is 1.60 bits per heavy atom. The van der Waals surface area contributed by atoms with Crippen LogP contribution < -0.4 is 16.4 Å². The second-order valence-corrected chi connectivity index (χ2v) is 10.5. The van der Waals surface area contributed by atoms with Crippen molar-refractivity contribution in [2.75, 3.05) is 11.9 Å². The average Bonchev–Trinajstić information content (AvgIpc) is 2.98. The molecular formula is C31H30ClF3N4O4. The third kappa shape index (κ3) is 7.79. The van der Waals surface area contributed by atoms with Crippen LogP contribution in [0.15, 0.2) is 72.8 Å². The first kappa shape index (κ1) is 31.7.